The zero-order valence-electron chi connectivity index (χ0n) is 17.2. The predicted molar refractivity (Wildman–Crippen MR) is 103 cm³/mol. The second-order valence-corrected chi connectivity index (χ2v) is 6.96. The summed E-state index contributed by atoms with van der Waals surface area (Å²) in [5, 5.41) is 4.34. The molecule has 1 fully saturated rings. The number of nitrogens with zero attached hydrogens (tertiary/aromatic N) is 2. The van der Waals surface area contributed by atoms with E-state index in [1.54, 1.807) is 0 Å². The van der Waals surface area contributed by atoms with E-state index < -0.39 is 61.5 Å². The fourth-order valence-corrected chi connectivity index (χ4v) is 2.87. The van der Waals surface area contributed by atoms with E-state index in [1.807, 2.05) is 0 Å². The molecule has 7 nitrogen and oxygen atoms in total. The molecule has 1 aliphatic rings. The van der Waals surface area contributed by atoms with Gasteiger partial charge in [-0.3, -0.25) is 14.6 Å². The first kappa shape index (κ1) is 25.8. The maximum Gasteiger partial charge on any atom is 0.461 e. The van der Waals surface area contributed by atoms with Crippen molar-refractivity contribution in [3.8, 4) is 11.5 Å². The molecule has 2 amide bonds. The van der Waals surface area contributed by atoms with Crippen LogP contribution >= 0.6 is 0 Å². The van der Waals surface area contributed by atoms with Gasteiger partial charge in [0.1, 0.15) is 18.0 Å². The van der Waals surface area contributed by atoms with Gasteiger partial charge in [0.05, 0.1) is 17.9 Å². The number of alkyl halides is 8. The summed E-state index contributed by atoms with van der Waals surface area (Å²) < 4.78 is 110. The Morgan fingerprint density at radius 2 is 1.17 bits per heavy atom. The van der Waals surface area contributed by atoms with Gasteiger partial charge in [-0.25, -0.2) is 5.01 Å². The van der Waals surface area contributed by atoms with E-state index in [9.17, 15) is 44.7 Å². The van der Waals surface area contributed by atoms with Gasteiger partial charge in [0.2, 0.25) is 5.91 Å². The smallest absolute Gasteiger partial charge is 0.428 e. The molecule has 2 aromatic carbocycles. The average Bonchev–Trinajstić information content (AvgIpc) is 2.78. The van der Waals surface area contributed by atoms with Crippen LogP contribution in [0.15, 0.2) is 48.5 Å². The largest absolute Gasteiger partial charge is 0.461 e. The van der Waals surface area contributed by atoms with Crippen LogP contribution in [0.1, 0.15) is 0 Å². The quantitative estimate of drug-likeness (QED) is 0.510. The zero-order valence-corrected chi connectivity index (χ0v) is 17.2. The van der Waals surface area contributed by atoms with Gasteiger partial charge in [-0.05, 0) is 48.5 Å². The van der Waals surface area contributed by atoms with E-state index in [4.69, 9.17) is 0 Å². The molecule has 1 saturated heterocycles. The number of anilines is 2. The molecular weight excluding hydrogens is 498 g/mol. The fraction of sp³-hybridized carbons (Fsp3) is 0.300. The van der Waals surface area contributed by atoms with Crippen molar-refractivity contribution in [2.75, 3.05) is 18.1 Å². The Kier molecular flexibility index (Phi) is 7.26. The van der Waals surface area contributed by atoms with Crippen LogP contribution in [0.4, 0.5) is 46.5 Å². The Bertz CT molecular complexity index is 986. The Morgan fingerprint density at radius 3 is 1.54 bits per heavy atom. The van der Waals surface area contributed by atoms with E-state index in [1.165, 1.54) is 0 Å². The van der Waals surface area contributed by atoms with Gasteiger partial charge in [0, 0.05) is 0 Å². The van der Waals surface area contributed by atoms with Crippen molar-refractivity contribution in [1.82, 2.24) is 10.3 Å². The number of rotatable bonds is 9. The highest BCUT2D eigenvalue weighted by Gasteiger charge is 2.44. The predicted octanol–water partition coefficient (Wildman–Crippen LogP) is 4.17. The highest BCUT2D eigenvalue weighted by molar-refractivity contribution is 5.94. The number of amides is 2. The van der Waals surface area contributed by atoms with Crippen molar-refractivity contribution in [2.45, 2.75) is 25.1 Å². The summed E-state index contributed by atoms with van der Waals surface area (Å²) in [6.45, 7) is -0.902. The first-order chi connectivity index (χ1) is 16.3. The fourth-order valence-electron chi connectivity index (χ4n) is 2.87. The standard InChI is InChI=1S/C20H15F8N3O4/c21-17(22)19(25,26)34-13-5-1-11(2-6-13)31(30-10-15(32)29-9-16(30)33)12-3-7-14(8-4-12)35-20(27,28)18(23)24/h1-8,17-18H,9-10H2,(H,29,32). The molecule has 1 aliphatic heterocycles. The van der Waals surface area contributed by atoms with Crippen molar-refractivity contribution < 1.29 is 54.2 Å². The van der Waals surface area contributed by atoms with E-state index in [-0.39, 0.29) is 11.4 Å². The number of carbonyl (C=O) groups is 2. The zero-order chi connectivity index (χ0) is 26.0. The third-order valence-corrected chi connectivity index (χ3v) is 4.44. The van der Waals surface area contributed by atoms with Crippen LogP contribution in [0.25, 0.3) is 0 Å². The van der Waals surface area contributed by atoms with Gasteiger partial charge in [0.15, 0.2) is 0 Å². The Balaban J connectivity index is 1.93. The maximum absolute atomic E-state index is 13.2. The van der Waals surface area contributed by atoms with E-state index in [0.29, 0.717) is 0 Å². The minimum Gasteiger partial charge on any atom is -0.428 e. The summed E-state index contributed by atoms with van der Waals surface area (Å²) in [5.74, 6) is -2.47. The molecule has 2 aromatic rings. The molecule has 0 unspecified atom stereocenters. The second-order valence-electron chi connectivity index (χ2n) is 6.96. The Hall–Kier alpha value is -3.78. The second kappa shape index (κ2) is 9.84. The third kappa shape index (κ3) is 6.02. The molecule has 190 valence electrons. The number of hydrazine groups is 1. The maximum atomic E-state index is 13.2. The summed E-state index contributed by atoms with van der Waals surface area (Å²) >= 11 is 0. The summed E-state index contributed by atoms with van der Waals surface area (Å²) in [4.78, 5) is 24.3. The number of piperazine rings is 1. The van der Waals surface area contributed by atoms with Crippen molar-refractivity contribution in [2.24, 2.45) is 0 Å². The average molecular weight is 513 g/mol. The molecule has 0 aliphatic carbocycles. The van der Waals surface area contributed by atoms with Crippen LogP contribution in [0.5, 0.6) is 11.5 Å². The highest BCUT2D eigenvalue weighted by atomic mass is 19.3. The number of carbonyl (C=O) groups excluding carboxylic acids is 2. The van der Waals surface area contributed by atoms with Gasteiger partial charge in [-0.15, -0.1) is 0 Å². The highest BCUT2D eigenvalue weighted by Crippen LogP contribution is 2.34. The van der Waals surface area contributed by atoms with Crippen molar-refractivity contribution >= 4 is 23.2 Å². The van der Waals surface area contributed by atoms with Gasteiger partial charge in [-0.1, -0.05) is 0 Å². The van der Waals surface area contributed by atoms with Gasteiger partial charge < -0.3 is 14.8 Å². The van der Waals surface area contributed by atoms with Gasteiger partial charge in [-0.2, -0.15) is 35.1 Å². The Labute approximate surface area is 191 Å². The van der Waals surface area contributed by atoms with Crippen molar-refractivity contribution in [1.29, 1.82) is 0 Å². The lowest BCUT2D eigenvalue weighted by atomic mass is 10.2. The first-order valence-corrected chi connectivity index (χ1v) is 9.57. The molecule has 15 heteroatoms. The van der Waals surface area contributed by atoms with Crippen LogP contribution in [-0.2, 0) is 9.59 Å². The lowest BCUT2D eigenvalue weighted by molar-refractivity contribution is -0.253. The summed E-state index contributed by atoms with van der Waals surface area (Å²) in [6, 6.07) is 8.00. The number of ether oxygens (including phenoxy) is 2. The van der Waals surface area contributed by atoms with Crippen molar-refractivity contribution in [3.05, 3.63) is 48.5 Å². The minimum atomic E-state index is -4.77. The summed E-state index contributed by atoms with van der Waals surface area (Å²) in [7, 11) is 0. The molecule has 0 saturated carbocycles. The van der Waals surface area contributed by atoms with Crippen LogP contribution in [0.3, 0.4) is 0 Å². The number of halogens is 8. The number of hydrogen-bond donors (Lipinski definition) is 1. The van der Waals surface area contributed by atoms with E-state index in [0.717, 1.165) is 58.5 Å². The van der Waals surface area contributed by atoms with E-state index >= 15 is 0 Å². The number of hydrogen-bond acceptors (Lipinski definition) is 5. The minimum absolute atomic E-state index is 0.0485. The van der Waals surface area contributed by atoms with E-state index in [2.05, 4.69) is 14.8 Å². The molecule has 35 heavy (non-hydrogen) atoms. The van der Waals surface area contributed by atoms with Crippen LogP contribution in [-0.4, -0.2) is 55.0 Å². The molecule has 0 spiro atoms. The summed E-state index contributed by atoms with van der Waals surface area (Å²) in [5.41, 5.74) is 0.0969. The van der Waals surface area contributed by atoms with Crippen LogP contribution in [0, 0.1) is 0 Å². The topological polar surface area (TPSA) is 71.1 Å². The molecule has 3 rings (SSSR count). The molecule has 0 radical (unpaired) electrons. The molecule has 0 atom stereocenters. The number of nitrogens with one attached hydrogen (secondary N) is 1. The van der Waals surface area contributed by atoms with Crippen LogP contribution < -0.4 is 19.8 Å². The Morgan fingerprint density at radius 1 is 0.771 bits per heavy atom. The molecule has 0 bridgehead atoms. The molecular formula is C20H15F8N3O4. The van der Waals surface area contributed by atoms with Crippen molar-refractivity contribution in [3.63, 3.8) is 0 Å². The van der Waals surface area contributed by atoms with Crippen LogP contribution in [0.2, 0.25) is 0 Å². The van der Waals surface area contributed by atoms with Gasteiger partial charge in [0.25, 0.3) is 5.91 Å². The third-order valence-electron chi connectivity index (χ3n) is 4.44. The first-order valence-electron chi connectivity index (χ1n) is 9.57. The lowest BCUT2D eigenvalue weighted by Gasteiger charge is -2.38. The lowest BCUT2D eigenvalue weighted by Crippen LogP contribution is -2.57. The number of benzene rings is 2. The monoisotopic (exact) mass is 513 g/mol. The summed E-state index contributed by atoms with van der Waals surface area (Å²) in [6.07, 6.45) is -17.7. The normalized spacial score (nSPS) is 14.9. The molecule has 1 heterocycles. The SMILES string of the molecule is O=C1CN(N(c2ccc(OC(F)(F)C(F)F)cc2)c2ccc(OC(F)(F)C(F)F)cc2)C(=O)CN1. The molecule has 0 aromatic heterocycles. The van der Waals surface area contributed by atoms with Gasteiger partial charge >= 0.3 is 25.1 Å². The molecule has 1 N–H and O–H groups in total.